The maximum Gasteiger partial charge on any atom is 1.00 e. The second-order valence-corrected chi connectivity index (χ2v) is 5.19. The molecule has 0 N–H and O–H groups in total. The molecule has 0 amide bonds. The Kier molecular flexibility index (Phi) is 12.6. The molecule has 8 heteroatoms. The first-order chi connectivity index (χ1) is 5.43. The molecule has 0 unspecified atom stereocenters. The third kappa shape index (κ3) is 6.08. The van der Waals surface area contributed by atoms with Crippen molar-refractivity contribution >= 4 is 45.1 Å². The third-order valence-corrected chi connectivity index (χ3v) is 4.54. The van der Waals surface area contributed by atoms with Gasteiger partial charge in [-0.1, -0.05) is 6.07 Å². The zero-order chi connectivity index (χ0) is 9.35. The van der Waals surface area contributed by atoms with E-state index >= 15 is 0 Å². The van der Waals surface area contributed by atoms with Crippen molar-refractivity contribution in [3.05, 3.63) is 27.1 Å². The van der Waals surface area contributed by atoms with E-state index in [2.05, 4.69) is 31.9 Å². The van der Waals surface area contributed by atoms with Gasteiger partial charge in [0.25, 0.3) is 0 Å². The number of benzene rings is 1. The van der Waals surface area contributed by atoms with Crippen molar-refractivity contribution < 1.29 is 117 Å². The molecule has 0 bridgehead atoms. The predicted octanol–water partition coefficient (Wildman–Crippen LogP) is -6.31. The number of halogens is 2. The van der Waals surface area contributed by atoms with Crippen molar-refractivity contribution in [3.63, 3.8) is 0 Å². The average Bonchev–Trinajstić information content (AvgIpc) is 1.92. The van der Waals surface area contributed by atoms with Crippen LogP contribution in [0, 0.1) is 0 Å². The Morgan fingerprint density at radius 1 is 1.00 bits per heavy atom. The molecular formula is C6H3Br2K2O3P. The van der Waals surface area contributed by atoms with Crippen LogP contribution in [-0.4, -0.2) is 0 Å². The first-order valence-electron chi connectivity index (χ1n) is 2.89. The van der Waals surface area contributed by atoms with E-state index < -0.39 is 7.94 Å². The number of rotatable bonds is 1. The van der Waals surface area contributed by atoms with E-state index in [0.717, 1.165) is 0 Å². The molecule has 1 aromatic carbocycles. The zero-order valence-corrected chi connectivity index (χ0v) is 18.0. The molecule has 0 aromatic heterocycles. The molecule has 66 valence electrons. The van der Waals surface area contributed by atoms with Crippen LogP contribution in [0.4, 0.5) is 0 Å². The normalized spacial score (nSPS) is 10.1. The molecule has 0 aliphatic rings. The fraction of sp³-hybridized carbons (Fsp3) is 0. The molecule has 0 aliphatic heterocycles. The summed E-state index contributed by atoms with van der Waals surface area (Å²) >= 11 is 6.09. The van der Waals surface area contributed by atoms with Gasteiger partial charge in [0.2, 0.25) is 0 Å². The van der Waals surface area contributed by atoms with Crippen molar-refractivity contribution in [2.24, 2.45) is 0 Å². The van der Waals surface area contributed by atoms with Gasteiger partial charge < -0.3 is 14.7 Å². The monoisotopic (exact) mass is 390 g/mol. The molecule has 0 fully saturated rings. The topological polar surface area (TPSA) is 69.2 Å². The van der Waals surface area contributed by atoms with Crippen LogP contribution in [0.25, 0.3) is 0 Å². The number of hydrogen-bond donors (Lipinski definition) is 0. The van der Waals surface area contributed by atoms with E-state index in [-0.39, 0.29) is 113 Å². The van der Waals surface area contributed by atoms with Gasteiger partial charge in [0.05, 0.1) is 9.78 Å². The van der Waals surface area contributed by atoms with Crippen LogP contribution >= 0.6 is 39.8 Å². The van der Waals surface area contributed by atoms with Crippen LogP contribution < -0.4 is 123 Å². The molecule has 1 rings (SSSR count). The van der Waals surface area contributed by atoms with Crippen LogP contribution in [0.5, 0.6) is 0 Å². The molecule has 0 saturated carbocycles. The van der Waals surface area contributed by atoms with Crippen molar-refractivity contribution in [1.29, 1.82) is 0 Å². The minimum absolute atomic E-state index is 0. The summed E-state index contributed by atoms with van der Waals surface area (Å²) in [6.45, 7) is 0. The van der Waals surface area contributed by atoms with Crippen molar-refractivity contribution in [2.45, 2.75) is 0 Å². The second-order valence-electron chi connectivity index (χ2n) is 2.07. The van der Waals surface area contributed by atoms with E-state index in [1.807, 2.05) is 0 Å². The summed E-state index contributed by atoms with van der Waals surface area (Å²) in [6.07, 6.45) is 0. The van der Waals surface area contributed by atoms with Gasteiger partial charge in [-0.25, -0.2) is 0 Å². The fourth-order valence-corrected chi connectivity index (χ4v) is 2.77. The number of hydrogen-bond acceptors (Lipinski definition) is 3. The van der Waals surface area contributed by atoms with Crippen LogP contribution in [0.2, 0.25) is 0 Å². The van der Waals surface area contributed by atoms with Gasteiger partial charge in [-0.3, -0.25) is 0 Å². The first-order valence-corrected chi connectivity index (χ1v) is 6.02. The van der Waals surface area contributed by atoms with Crippen LogP contribution in [0.15, 0.2) is 27.1 Å². The Hall–Kier alpha value is 3.76. The molecule has 0 aliphatic carbocycles. The van der Waals surface area contributed by atoms with Crippen LogP contribution in [0.3, 0.4) is 0 Å². The molecule has 0 heterocycles. The Morgan fingerprint density at radius 3 is 1.86 bits per heavy atom. The van der Waals surface area contributed by atoms with Gasteiger partial charge in [0.1, 0.15) is 0 Å². The standard InChI is InChI=1S/C6H5Br2O3P.2K/c7-4-2-1-3-5(6(4)8)12(9,10)11;;/h1-3H,(H2,9,10,11);;/q;2*+1/p-2. The molecular weight excluding hydrogens is 389 g/mol. The summed E-state index contributed by atoms with van der Waals surface area (Å²) in [6, 6.07) is 4.39. The molecule has 0 atom stereocenters. The van der Waals surface area contributed by atoms with Gasteiger partial charge in [0, 0.05) is 4.47 Å². The molecule has 0 saturated heterocycles. The minimum Gasteiger partial charge on any atom is -0.683 e. The van der Waals surface area contributed by atoms with Gasteiger partial charge in [-0.15, -0.1) is 7.94 Å². The van der Waals surface area contributed by atoms with Crippen molar-refractivity contribution in [2.75, 3.05) is 0 Å². The average molecular weight is 392 g/mol. The van der Waals surface area contributed by atoms with E-state index in [1.54, 1.807) is 6.07 Å². The SMILES string of the molecule is [K+].[K+].[O-][P+]([O-])([O-])c1cccc(Br)c1Br. The van der Waals surface area contributed by atoms with Gasteiger partial charge in [0.15, 0.2) is 0 Å². The molecule has 0 radical (unpaired) electrons. The van der Waals surface area contributed by atoms with E-state index in [1.165, 1.54) is 12.1 Å². The van der Waals surface area contributed by atoms with E-state index in [4.69, 9.17) is 0 Å². The zero-order valence-electron chi connectivity index (χ0n) is 7.66. The van der Waals surface area contributed by atoms with E-state index in [0.29, 0.717) is 4.47 Å². The largest absolute Gasteiger partial charge is 1.00 e. The summed E-state index contributed by atoms with van der Waals surface area (Å²) < 4.78 is 0.824. The Labute approximate surface area is 185 Å². The maximum absolute atomic E-state index is 10.6. The Morgan fingerprint density at radius 2 is 1.50 bits per heavy atom. The molecule has 3 nitrogen and oxygen atoms in total. The van der Waals surface area contributed by atoms with Crippen molar-refractivity contribution in [3.8, 4) is 0 Å². The van der Waals surface area contributed by atoms with Gasteiger partial charge in [-0.05, 0) is 44.0 Å². The smallest absolute Gasteiger partial charge is 0.683 e. The molecule has 0 spiro atoms. The first kappa shape index (κ1) is 20.1. The fourth-order valence-electron chi connectivity index (χ4n) is 0.704. The summed E-state index contributed by atoms with van der Waals surface area (Å²) in [7, 11) is -4.66. The van der Waals surface area contributed by atoms with Crippen molar-refractivity contribution in [1.82, 2.24) is 0 Å². The maximum atomic E-state index is 10.6. The minimum atomic E-state index is -4.66. The third-order valence-electron chi connectivity index (χ3n) is 1.23. The summed E-state index contributed by atoms with van der Waals surface area (Å²) in [5.41, 5.74) is 0. The molecule has 1 aromatic rings. The van der Waals surface area contributed by atoms with Crippen LogP contribution in [-0.2, 0) is 0 Å². The summed E-state index contributed by atoms with van der Waals surface area (Å²) in [4.78, 5) is 31.9. The Balaban J connectivity index is 0. The quantitative estimate of drug-likeness (QED) is 0.353. The van der Waals surface area contributed by atoms with Crippen LogP contribution in [0.1, 0.15) is 0 Å². The van der Waals surface area contributed by atoms with E-state index in [9.17, 15) is 14.7 Å². The van der Waals surface area contributed by atoms with Gasteiger partial charge >= 0.3 is 103 Å². The second kappa shape index (κ2) is 8.79. The molecule has 14 heavy (non-hydrogen) atoms. The predicted molar refractivity (Wildman–Crippen MR) is 48.4 cm³/mol. The summed E-state index contributed by atoms with van der Waals surface area (Å²) in [5.74, 6) is 0. The summed E-state index contributed by atoms with van der Waals surface area (Å²) in [5, 5.41) is -0.225. The Bertz CT molecular complexity index is 306. The van der Waals surface area contributed by atoms with Gasteiger partial charge in [-0.2, -0.15) is 0 Å².